The van der Waals surface area contributed by atoms with Gasteiger partial charge in [-0.3, -0.25) is 10.1 Å². The summed E-state index contributed by atoms with van der Waals surface area (Å²) in [5.41, 5.74) is 9.88. The summed E-state index contributed by atoms with van der Waals surface area (Å²) in [5.74, 6) is 1.75. The minimum atomic E-state index is -0.420. The standard InChI is InChI=1S/C13H14N4O4.C13H16N4O2/c1-9-14-15-13(21-9)10-6-11(8-12(7-10)17(18)19)16-2-4-20-5-3-16;1-9-15-16-13(19-9)10-6-11(14)8-12(7-10)17-2-4-18-5-3-17/h6-8H,2-5H2,1H3;6-8H,2-5,14H2,1H3. The average molecular weight is 551 g/mol. The SMILES string of the molecule is Cc1nnc(-c2cc(N)cc(N3CCOCC3)c2)o1.Cc1nnc(-c2cc(N3CCOCC3)cc([N+](=O)[O-])c2)o1. The molecule has 0 saturated carbocycles. The number of non-ortho nitro benzene ring substituents is 1. The highest BCUT2D eigenvalue weighted by Crippen LogP contribution is 2.30. The largest absolute Gasteiger partial charge is 0.421 e. The number of hydrogen-bond donors (Lipinski definition) is 1. The van der Waals surface area contributed by atoms with Crippen molar-refractivity contribution in [2.24, 2.45) is 0 Å². The van der Waals surface area contributed by atoms with Gasteiger partial charge >= 0.3 is 0 Å². The van der Waals surface area contributed by atoms with Crippen molar-refractivity contribution in [2.45, 2.75) is 13.8 Å². The number of morpholine rings is 2. The molecule has 2 fully saturated rings. The van der Waals surface area contributed by atoms with Crippen LogP contribution in [0.1, 0.15) is 11.8 Å². The van der Waals surface area contributed by atoms with Crippen molar-refractivity contribution in [3.8, 4) is 22.9 Å². The van der Waals surface area contributed by atoms with Crippen LogP contribution in [0.5, 0.6) is 0 Å². The van der Waals surface area contributed by atoms with Crippen LogP contribution in [0.25, 0.3) is 22.9 Å². The first-order valence-electron chi connectivity index (χ1n) is 12.8. The number of nitrogens with zero attached hydrogens (tertiary/aromatic N) is 7. The van der Waals surface area contributed by atoms with Crippen molar-refractivity contribution in [3.63, 3.8) is 0 Å². The number of anilines is 3. The summed E-state index contributed by atoms with van der Waals surface area (Å²) in [6.07, 6.45) is 0. The molecular weight excluding hydrogens is 520 g/mol. The lowest BCUT2D eigenvalue weighted by Gasteiger charge is -2.29. The highest BCUT2D eigenvalue weighted by Gasteiger charge is 2.19. The highest BCUT2D eigenvalue weighted by molar-refractivity contribution is 5.69. The van der Waals surface area contributed by atoms with Gasteiger partial charge in [0.25, 0.3) is 5.69 Å². The molecule has 14 nitrogen and oxygen atoms in total. The number of rotatable bonds is 5. The number of aryl methyl sites for hydroxylation is 2. The minimum absolute atomic E-state index is 0.00449. The van der Waals surface area contributed by atoms with Crippen LogP contribution in [0.3, 0.4) is 0 Å². The smallest absolute Gasteiger partial charge is 0.272 e. The first kappa shape index (κ1) is 27.0. The molecule has 0 unspecified atom stereocenters. The highest BCUT2D eigenvalue weighted by atomic mass is 16.6. The van der Waals surface area contributed by atoms with Crippen molar-refractivity contribution in [1.29, 1.82) is 0 Å². The molecule has 2 aromatic carbocycles. The van der Waals surface area contributed by atoms with Gasteiger partial charge in [-0.25, -0.2) is 0 Å². The molecule has 40 heavy (non-hydrogen) atoms. The molecule has 2 saturated heterocycles. The van der Waals surface area contributed by atoms with E-state index in [4.69, 9.17) is 24.0 Å². The molecule has 2 aliphatic heterocycles. The third-order valence-electron chi connectivity index (χ3n) is 6.35. The Morgan fingerprint density at radius 3 is 1.65 bits per heavy atom. The van der Waals surface area contributed by atoms with Crippen molar-refractivity contribution >= 4 is 22.7 Å². The molecule has 4 heterocycles. The summed E-state index contributed by atoms with van der Waals surface area (Å²) in [5, 5.41) is 26.7. The van der Waals surface area contributed by atoms with Gasteiger partial charge in [0, 0.05) is 80.3 Å². The average Bonchev–Trinajstić information content (AvgIpc) is 3.62. The monoisotopic (exact) mass is 550 g/mol. The van der Waals surface area contributed by atoms with Crippen molar-refractivity contribution in [1.82, 2.24) is 20.4 Å². The Balaban J connectivity index is 0.000000162. The number of nitrogen functional groups attached to an aromatic ring is 1. The molecule has 0 amide bonds. The predicted molar refractivity (Wildman–Crippen MR) is 146 cm³/mol. The van der Waals surface area contributed by atoms with E-state index >= 15 is 0 Å². The second-order valence-corrected chi connectivity index (χ2v) is 9.26. The molecule has 0 atom stereocenters. The van der Waals surface area contributed by atoms with Crippen LogP contribution in [0, 0.1) is 24.0 Å². The fourth-order valence-electron chi connectivity index (χ4n) is 4.42. The molecule has 210 valence electrons. The van der Waals surface area contributed by atoms with E-state index < -0.39 is 4.92 Å². The van der Waals surface area contributed by atoms with Gasteiger partial charge in [0.05, 0.1) is 31.4 Å². The van der Waals surface area contributed by atoms with Crippen LogP contribution in [0.15, 0.2) is 45.2 Å². The summed E-state index contributed by atoms with van der Waals surface area (Å²) in [4.78, 5) is 15.0. The lowest BCUT2D eigenvalue weighted by molar-refractivity contribution is -0.384. The van der Waals surface area contributed by atoms with E-state index in [2.05, 4.69) is 25.3 Å². The number of ether oxygens (including phenoxy) is 2. The van der Waals surface area contributed by atoms with E-state index in [9.17, 15) is 10.1 Å². The van der Waals surface area contributed by atoms with E-state index in [1.165, 1.54) is 6.07 Å². The molecule has 2 aliphatic rings. The zero-order chi connectivity index (χ0) is 28.1. The number of benzene rings is 2. The van der Waals surface area contributed by atoms with Gasteiger partial charge < -0.3 is 33.8 Å². The molecule has 0 bridgehead atoms. The molecule has 6 rings (SSSR count). The van der Waals surface area contributed by atoms with Crippen LogP contribution >= 0.6 is 0 Å². The molecule has 4 aromatic rings. The summed E-state index contributed by atoms with van der Waals surface area (Å²) in [7, 11) is 0. The van der Waals surface area contributed by atoms with Gasteiger partial charge in [0.15, 0.2) is 0 Å². The molecule has 0 radical (unpaired) electrons. The molecule has 14 heteroatoms. The Labute approximate surface area is 229 Å². The van der Waals surface area contributed by atoms with Crippen LogP contribution in [-0.2, 0) is 9.47 Å². The Hall–Kier alpha value is -4.56. The maximum Gasteiger partial charge on any atom is 0.272 e. The number of nitrogens with two attached hydrogens (primary N) is 1. The zero-order valence-electron chi connectivity index (χ0n) is 22.3. The summed E-state index contributed by atoms with van der Waals surface area (Å²) in [6, 6.07) is 10.6. The second-order valence-electron chi connectivity index (χ2n) is 9.26. The van der Waals surface area contributed by atoms with Gasteiger partial charge in [-0.05, 0) is 24.3 Å². The molecular formula is C26H30N8O6. The zero-order valence-corrected chi connectivity index (χ0v) is 22.3. The Morgan fingerprint density at radius 2 is 1.20 bits per heavy atom. The summed E-state index contributed by atoms with van der Waals surface area (Å²) >= 11 is 0. The van der Waals surface area contributed by atoms with Crippen molar-refractivity contribution < 1.29 is 23.2 Å². The predicted octanol–water partition coefficient (Wildman–Crippen LogP) is 3.25. The molecule has 0 spiro atoms. The third-order valence-corrected chi connectivity index (χ3v) is 6.35. The van der Waals surface area contributed by atoms with Crippen LogP contribution in [0.4, 0.5) is 22.7 Å². The fourth-order valence-corrected chi connectivity index (χ4v) is 4.42. The number of nitro benzene ring substituents is 1. The van der Waals surface area contributed by atoms with Gasteiger partial charge in [-0.2, -0.15) is 0 Å². The molecule has 0 aliphatic carbocycles. The lowest BCUT2D eigenvalue weighted by atomic mass is 10.1. The maximum atomic E-state index is 11.1. The van der Waals surface area contributed by atoms with Gasteiger partial charge in [0.1, 0.15) is 0 Å². The number of nitro groups is 1. The van der Waals surface area contributed by atoms with Gasteiger partial charge in [-0.1, -0.05) is 0 Å². The third kappa shape index (κ3) is 6.52. The van der Waals surface area contributed by atoms with Gasteiger partial charge in [0.2, 0.25) is 23.6 Å². The summed E-state index contributed by atoms with van der Waals surface area (Å²) in [6.45, 7) is 9.27. The van der Waals surface area contributed by atoms with Crippen LogP contribution in [-0.4, -0.2) is 77.9 Å². The lowest BCUT2D eigenvalue weighted by Crippen LogP contribution is -2.36. The van der Waals surface area contributed by atoms with E-state index in [0.29, 0.717) is 55.2 Å². The minimum Gasteiger partial charge on any atom is -0.421 e. The van der Waals surface area contributed by atoms with Crippen molar-refractivity contribution in [2.75, 3.05) is 68.1 Å². The number of aromatic nitrogens is 4. The fraction of sp³-hybridized carbons (Fsp3) is 0.385. The van der Waals surface area contributed by atoms with E-state index in [1.54, 1.807) is 19.9 Å². The van der Waals surface area contributed by atoms with Crippen LogP contribution in [0.2, 0.25) is 0 Å². The van der Waals surface area contributed by atoms with Crippen molar-refractivity contribution in [3.05, 3.63) is 58.3 Å². The normalized spacial score (nSPS) is 15.4. The second kappa shape index (κ2) is 12.1. The topological polar surface area (TPSA) is 172 Å². The van der Waals surface area contributed by atoms with Gasteiger partial charge in [-0.15, -0.1) is 20.4 Å². The van der Waals surface area contributed by atoms with E-state index in [0.717, 1.165) is 43.2 Å². The Kier molecular flexibility index (Phi) is 8.17. The Bertz CT molecular complexity index is 1460. The molecule has 2 aromatic heterocycles. The quantitative estimate of drug-likeness (QED) is 0.218. The first-order chi connectivity index (χ1) is 19.4. The Morgan fingerprint density at radius 1 is 0.725 bits per heavy atom. The van der Waals surface area contributed by atoms with Crippen LogP contribution < -0.4 is 15.5 Å². The van der Waals surface area contributed by atoms with E-state index in [1.807, 2.05) is 29.2 Å². The number of hydrogen-bond acceptors (Lipinski definition) is 13. The molecule has 2 N–H and O–H groups in total. The summed E-state index contributed by atoms with van der Waals surface area (Å²) < 4.78 is 21.5. The maximum absolute atomic E-state index is 11.1. The van der Waals surface area contributed by atoms with E-state index in [-0.39, 0.29) is 11.6 Å². The first-order valence-corrected chi connectivity index (χ1v) is 12.8.